The molecule has 0 spiro atoms. The van der Waals surface area contributed by atoms with E-state index in [1.54, 1.807) is 7.11 Å². The second-order valence-corrected chi connectivity index (χ2v) is 5.58. The minimum atomic E-state index is 0.132. The summed E-state index contributed by atoms with van der Waals surface area (Å²) in [6.45, 7) is 2.03. The van der Waals surface area contributed by atoms with Gasteiger partial charge in [-0.05, 0) is 59.5 Å². The standard InChI is InChI=1S/C13H15IO2/c1-8(9-3-4-9)13(15)11-7-10(14)5-6-12(11)16-2/h5-9H,3-4H2,1-2H3. The average Bonchev–Trinajstić information content (AvgIpc) is 3.11. The predicted molar refractivity (Wildman–Crippen MR) is 71.9 cm³/mol. The first-order valence-electron chi connectivity index (χ1n) is 5.51. The molecule has 0 N–H and O–H groups in total. The zero-order chi connectivity index (χ0) is 11.7. The van der Waals surface area contributed by atoms with E-state index in [2.05, 4.69) is 22.6 Å². The van der Waals surface area contributed by atoms with E-state index in [4.69, 9.17) is 4.74 Å². The highest BCUT2D eigenvalue weighted by Gasteiger charge is 2.34. The quantitative estimate of drug-likeness (QED) is 0.624. The number of Topliss-reactive ketones (excluding diaryl/α,β-unsaturated/α-hetero) is 1. The lowest BCUT2D eigenvalue weighted by Crippen LogP contribution is -2.14. The average molecular weight is 330 g/mol. The van der Waals surface area contributed by atoms with Crippen LogP contribution in [0.2, 0.25) is 0 Å². The third kappa shape index (κ3) is 2.39. The number of ketones is 1. The van der Waals surface area contributed by atoms with Gasteiger partial charge in [0.2, 0.25) is 0 Å². The van der Waals surface area contributed by atoms with E-state index in [1.165, 1.54) is 12.8 Å². The van der Waals surface area contributed by atoms with Gasteiger partial charge in [-0.3, -0.25) is 4.79 Å². The molecule has 1 aromatic rings. The molecule has 3 heteroatoms. The van der Waals surface area contributed by atoms with Gasteiger partial charge in [0, 0.05) is 9.49 Å². The van der Waals surface area contributed by atoms with Crippen LogP contribution >= 0.6 is 22.6 Å². The van der Waals surface area contributed by atoms with Crippen molar-refractivity contribution in [1.29, 1.82) is 0 Å². The summed E-state index contributed by atoms with van der Waals surface area (Å²) < 4.78 is 6.32. The van der Waals surface area contributed by atoms with E-state index < -0.39 is 0 Å². The van der Waals surface area contributed by atoms with Gasteiger partial charge in [-0.25, -0.2) is 0 Å². The molecule has 1 saturated carbocycles. The van der Waals surface area contributed by atoms with Gasteiger partial charge in [-0.15, -0.1) is 0 Å². The fraction of sp³-hybridized carbons (Fsp3) is 0.462. The SMILES string of the molecule is COc1ccc(I)cc1C(=O)C(C)C1CC1. The maximum atomic E-state index is 12.3. The van der Waals surface area contributed by atoms with Gasteiger partial charge in [0.25, 0.3) is 0 Å². The maximum Gasteiger partial charge on any atom is 0.169 e. The molecule has 16 heavy (non-hydrogen) atoms. The minimum absolute atomic E-state index is 0.132. The molecule has 1 atom stereocenters. The van der Waals surface area contributed by atoms with Crippen LogP contribution in [0.4, 0.5) is 0 Å². The van der Waals surface area contributed by atoms with Gasteiger partial charge in [0.1, 0.15) is 5.75 Å². The van der Waals surface area contributed by atoms with Crippen LogP contribution in [0, 0.1) is 15.4 Å². The van der Waals surface area contributed by atoms with Gasteiger partial charge in [-0.1, -0.05) is 6.92 Å². The lowest BCUT2D eigenvalue weighted by Gasteiger charge is -2.12. The lowest BCUT2D eigenvalue weighted by molar-refractivity contribution is 0.0913. The van der Waals surface area contributed by atoms with E-state index in [0.717, 1.165) is 9.13 Å². The molecule has 0 aliphatic heterocycles. The third-order valence-electron chi connectivity index (χ3n) is 3.17. The largest absolute Gasteiger partial charge is 0.496 e. The fourth-order valence-corrected chi connectivity index (χ4v) is 2.42. The number of benzene rings is 1. The molecule has 86 valence electrons. The normalized spacial score (nSPS) is 16.9. The molecule has 1 unspecified atom stereocenters. The second-order valence-electron chi connectivity index (χ2n) is 4.33. The lowest BCUT2D eigenvalue weighted by atomic mass is 9.94. The monoisotopic (exact) mass is 330 g/mol. The van der Waals surface area contributed by atoms with E-state index in [9.17, 15) is 4.79 Å². The van der Waals surface area contributed by atoms with Crippen molar-refractivity contribution in [2.75, 3.05) is 7.11 Å². The van der Waals surface area contributed by atoms with Crippen LogP contribution in [0.25, 0.3) is 0 Å². The van der Waals surface area contributed by atoms with Crippen molar-refractivity contribution in [2.24, 2.45) is 11.8 Å². The topological polar surface area (TPSA) is 26.3 Å². The Bertz CT molecular complexity index is 410. The minimum Gasteiger partial charge on any atom is -0.496 e. The van der Waals surface area contributed by atoms with E-state index in [0.29, 0.717) is 11.7 Å². The first kappa shape index (κ1) is 11.9. The molecular weight excluding hydrogens is 315 g/mol. The Balaban J connectivity index is 2.30. The number of carbonyl (C=O) groups is 1. The molecule has 0 saturated heterocycles. The maximum absolute atomic E-state index is 12.3. The van der Waals surface area contributed by atoms with Gasteiger partial charge in [0.05, 0.1) is 12.7 Å². The molecule has 1 fully saturated rings. The van der Waals surface area contributed by atoms with Crippen LogP contribution < -0.4 is 4.74 Å². The van der Waals surface area contributed by atoms with Crippen LogP contribution in [-0.2, 0) is 0 Å². The van der Waals surface area contributed by atoms with Crippen molar-refractivity contribution in [3.05, 3.63) is 27.3 Å². The van der Waals surface area contributed by atoms with Gasteiger partial charge in [0.15, 0.2) is 5.78 Å². The highest BCUT2D eigenvalue weighted by atomic mass is 127. The first-order chi connectivity index (χ1) is 7.63. The van der Waals surface area contributed by atoms with Crippen LogP contribution in [0.15, 0.2) is 18.2 Å². The summed E-state index contributed by atoms with van der Waals surface area (Å²) in [7, 11) is 1.61. The Hall–Kier alpha value is -0.580. The van der Waals surface area contributed by atoms with Crippen LogP contribution in [0.5, 0.6) is 5.75 Å². The summed E-state index contributed by atoms with van der Waals surface area (Å²) in [5, 5.41) is 0. The summed E-state index contributed by atoms with van der Waals surface area (Å²) in [4.78, 5) is 12.3. The predicted octanol–water partition coefficient (Wildman–Crippen LogP) is 3.53. The molecule has 0 amide bonds. The Morgan fingerprint density at radius 1 is 1.50 bits per heavy atom. The molecule has 0 radical (unpaired) electrons. The fourth-order valence-electron chi connectivity index (χ4n) is 1.93. The van der Waals surface area contributed by atoms with Gasteiger partial charge in [-0.2, -0.15) is 0 Å². The third-order valence-corrected chi connectivity index (χ3v) is 3.84. The molecule has 1 aliphatic carbocycles. The molecule has 1 aromatic carbocycles. The number of halogens is 1. The molecule has 0 aromatic heterocycles. The number of rotatable bonds is 4. The summed E-state index contributed by atoms with van der Waals surface area (Å²) >= 11 is 2.22. The molecule has 2 nitrogen and oxygen atoms in total. The van der Waals surface area contributed by atoms with Gasteiger partial charge >= 0.3 is 0 Å². The molecule has 0 heterocycles. The smallest absolute Gasteiger partial charge is 0.169 e. The van der Waals surface area contributed by atoms with Crippen molar-refractivity contribution in [1.82, 2.24) is 0 Å². The van der Waals surface area contributed by atoms with Crippen molar-refractivity contribution in [2.45, 2.75) is 19.8 Å². The zero-order valence-corrected chi connectivity index (χ0v) is 11.7. The van der Waals surface area contributed by atoms with Crippen molar-refractivity contribution >= 4 is 28.4 Å². The molecule has 1 aliphatic rings. The summed E-state index contributed by atoms with van der Waals surface area (Å²) in [6.07, 6.45) is 2.39. The Kier molecular flexibility index (Phi) is 3.52. The van der Waals surface area contributed by atoms with Crippen LogP contribution in [-0.4, -0.2) is 12.9 Å². The van der Waals surface area contributed by atoms with Crippen molar-refractivity contribution in [3.8, 4) is 5.75 Å². The number of ether oxygens (including phenoxy) is 1. The first-order valence-corrected chi connectivity index (χ1v) is 6.59. The number of methoxy groups -OCH3 is 1. The number of hydrogen-bond donors (Lipinski definition) is 0. The molecular formula is C13H15IO2. The molecule has 2 rings (SSSR count). The second kappa shape index (κ2) is 4.73. The molecule has 0 bridgehead atoms. The van der Waals surface area contributed by atoms with Crippen LogP contribution in [0.3, 0.4) is 0 Å². The summed E-state index contributed by atoms with van der Waals surface area (Å²) in [5.41, 5.74) is 0.730. The van der Waals surface area contributed by atoms with Crippen LogP contribution in [0.1, 0.15) is 30.1 Å². The van der Waals surface area contributed by atoms with Gasteiger partial charge < -0.3 is 4.74 Å². The summed E-state index contributed by atoms with van der Waals surface area (Å²) in [5.74, 6) is 1.64. The van der Waals surface area contributed by atoms with E-state index in [-0.39, 0.29) is 11.7 Å². The summed E-state index contributed by atoms with van der Waals surface area (Å²) in [6, 6.07) is 5.74. The Morgan fingerprint density at radius 2 is 2.19 bits per heavy atom. The van der Waals surface area contributed by atoms with E-state index in [1.807, 2.05) is 25.1 Å². The number of carbonyl (C=O) groups excluding carboxylic acids is 1. The Morgan fingerprint density at radius 3 is 2.75 bits per heavy atom. The highest BCUT2D eigenvalue weighted by molar-refractivity contribution is 14.1. The van der Waals surface area contributed by atoms with E-state index >= 15 is 0 Å². The Labute approximate surface area is 110 Å². The number of hydrogen-bond acceptors (Lipinski definition) is 2. The zero-order valence-electron chi connectivity index (χ0n) is 9.50. The van der Waals surface area contributed by atoms with Crippen molar-refractivity contribution in [3.63, 3.8) is 0 Å². The van der Waals surface area contributed by atoms with Crippen molar-refractivity contribution < 1.29 is 9.53 Å². The highest BCUT2D eigenvalue weighted by Crippen LogP contribution is 2.39.